The van der Waals surface area contributed by atoms with Gasteiger partial charge in [0.05, 0.1) is 6.54 Å². The maximum Gasteiger partial charge on any atom is 0.263 e. The fraction of sp³-hybridized carbons (Fsp3) is 0.429. The van der Waals surface area contributed by atoms with Gasteiger partial charge in [0.2, 0.25) is 6.79 Å². The number of aromatic nitrogens is 1. The first-order valence-corrected chi connectivity index (χ1v) is 10.6. The molecule has 7 heteroatoms. The molecule has 1 amide bonds. The summed E-state index contributed by atoms with van der Waals surface area (Å²) in [5, 5.41) is 0. The predicted molar refractivity (Wildman–Crippen MR) is 110 cm³/mol. The monoisotopic (exact) mass is 400 g/mol. The van der Waals surface area contributed by atoms with Crippen molar-refractivity contribution in [2.75, 3.05) is 25.3 Å². The number of fused-ring (bicyclic) bond motifs is 1. The van der Waals surface area contributed by atoms with E-state index in [0.29, 0.717) is 23.6 Å². The van der Waals surface area contributed by atoms with Gasteiger partial charge < -0.3 is 18.9 Å². The van der Waals surface area contributed by atoms with Crippen LogP contribution in [-0.4, -0.2) is 46.8 Å². The molecule has 0 aliphatic carbocycles. The Balaban J connectivity index is 1.60. The van der Waals surface area contributed by atoms with E-state index in [9.17, 15) is 9.59 Å². The van der Waals surface area contributed by atoms with E-state index >= 15 is 0 Å². The minimum Gasteiger partial charge on any atom is -0.454 e. The summed E-state index contributed by atoms with van der Waals surface area (Å²) >= 11 is 1.92. The molecule has 148 valence electrons. The number of hydrogen-bond acceptors (Lipinski definition) is 5. The average molecular weight is 401 g/mol. The molecule has 0 bridgehead atoms. The van der Waals surface area contributed by atoms with Gasteiger partial charge in [-0.25, -0.2) is 0 Å². The fourth-order valence-corrected chi connectivity index (χ4v) is 4.78. The molecule has 3 heterocycles. The van der Waals surface area contributed by atoms with E-state index in [1.54, 1.807) is 15.7 Å². The van der Waals surface area contributed by atoms with E-state index in [0.717, 1.165) is 29.9 Å². The summed E-state index contributed by atoms with van der Waals surface area (Å²) in [6.45, 7) is 2.41. The van der Waals surface area contributed by atoms with E-state index in [-0.39, 0.29) is 29.9 Å². The second-order valence-corrected chi connectivity index (χ2v) is 8.48. The lowest BCUT2D eigenvalue weighted by molar-refractivity contribution is 0.0720. The summed E-state index contributed by atoms with van der Waals surface area (Å²) in [7, 11) is 1.82. The lowest BCUT2D eigenvalue weighted by Crippen LogP contribution is -2.42. The average Bonchev–Trinajstić information content (AvgIpc) is 3.18. The van der Waals surface area contributed by atoms with Gasteiger partial charge in [-0.05, 0) is 60.6 Å². The van der Waals surface area contributed by atoms with E-state index < -0.39 is 0 Å². The maximum atomic E-state index is 13.1. The lowest BCUT2D eigenvalue weighted by Gasteiger charge is -2.31. The van der Waals surface area contributed by atoms with Gasteiger partial charge in [0.1, 0.15) is 5.56 Å². The van der Waals surface area contributed by atoms with Crippen LogP contribution in [0.25, 0.3) is 0 Å². The molecular formula is C21H24N2O4S. The Hall–Kier alpha value is -2.41. The molecule has 0 atom stereocenters. The standard InChI is InChI=1S/C21H24N2O4S/c1-14-5-8-23(12-15-3-4-17-18(11-15)27-13-26-17)21(25)19(14)20(24)22(2)16-6-9-28-10-7-16/h3-5,8,11,16H,6-7,9-10,12-13H2,1-2H3. The van der Waals surface area contributed by atoms with E-state index in [1.165, 1.54) is 0 Å². The first-order valence-electron chi connectivity index (χ1n) is 9.48. The SMILES string of the molecule is Cc1ccn(Cc2ccc3c(c2)OCO3)c(=O)c1C(=O)N(C)C1CCSCC1. The van der Waals surface area contributed by atoms with Crippen LogP contribution in [-0.2, 0) is 6.54 Å². The molecule has 2 aliphatic heterocycles. The van der Waals surface area contributed by atoms with Crippen molar-refractivity contribution < 1.29 is 14.3 Å². The largest absolute Gasteiger partial charge is 0.454 e. The van der Waals surface area contributed by atoms with Gasteiger partial charge in [-0.2, -0.15) is 11.8 Å². The molecule has 1 saturated heterocycles. The van der Waals surface area contributed by atoms with Gasteiger partial charge in [0, 0.05) is 19.3 Å². The third kappa shape index (κ3) is 3.63. The van der Waals surface area contributed by atoms with Crippen LogP contribution in [0.5, 0.6) is 11.5 Å². The third-order valence-corrected chi connectivity index (χ3v) is 6.48. The van der Waals surface area contributed by atoms with E-state index in [2.05, 4.69) is 0 Å². The highest BCUT2D eigenvalue weighted by Crippen LogP contribution is 2.32. The molecule has 1 fully saturated rings. The number of ether oxygens (including phenoxy) is 2. The lowest BCUT2D eigenvalue weighted by atomic mass is 10.1. The number of nitrogens with zero attached hydrogens (tertiary/aromatic N) is 2. The van der Waals surface area contributed by atoms with Gasteiger partial charge in [-0.15, -0.1) is 0 Å². The van der Waals surface area contributed by atoms with Crippen molar-refractivity contribution in [3.8, 4) is 11.5 Å². The van der Waals surface area contributed by atoms with Gasteiger partial charge in [-0.3, -0.25) is 9.59 Å². The van der Waals surface area contributed by atoms with Crippen molar-refractivity contribution in [2.45, 2.75) is 32.4 Å². The third-order valence-electron chi connectivity index (χ3n) is 5.44. The number of benzene rings is 1. The zero-order valence-corrected chi connectivity index (χ0v) is 17.0. The summed E-state index contributed by atoms with van der Waals surface area (Å²) in [5.74, 6) is 3.33. The van der Waals surface area contributed by atoms with Crippen LogP contribution in [0.15, 0.2) is 35.3 Å². The van der Waals surface area contributed by atoms with Crippen LogP contribution in [0.4, 0.5) is 0 Å². The molecular weight excluding hydrogens is 376 g/mol. The molecule has 0 spiro atoms. The summed E-state index contributed by atoms with van der Waals surface area (Å²) in [5.41, 5.74) is 1.66. The number of carbonyl (C=O) groups excluding carboxylic acids is 1. The molecule has 1 aromatic heterocycles. The Morgan fingerprint density at radius 2 is 1.96 bits per heavy atom. The highest BCUT2D eigenvalue weighted by Gasteiger charge is 2.26. The Morgan fingerprint density at radius 1 is 1.21 bits per heavy atom. The number of rotatable bonds is 4. The number of hydrogen-bond donors (Lipinski definition) is 0. The maximum absolute atomic E-state index is 13.1. The molecule has 28 heavy (non-hydrogen) atoms. The molecule has 2 aromatic rings. The second kappa shape index (κ2) is 7.91. The first kappa shape index (κ1) is 18.9. The second-order valence-electron chi connectivity index (χ2n) is 7.25. The number of thioether (sulfide) groups is 1. The Morgan fingerprint density at radius 3 is 2.75 bits per heavy atom. The smallest absolute Gasteiger partial charge is 0.263 e. The number of carbonyl (C=O) groups is 1. The van der Waals surface area contributed by atoms with Crippen LogP contribution >= 0.6 is 11.8 Å². The quantitative estimate of drug-likeness (QED) is 0.790. The van der Waals surface area contributed by atoms with E-state index in [1.807, 2.05) is 50.0 Å². The Kier molecular flexibility index (Phi) is 5.35. The Labute approximate surface area is 168 Å². The summed E-state index contributed by atoms with van der Waals surface area (Å²) in [6, 6.07) is 7.68. The summed E-state index contributed by atoms with van der Waals surface area (Å²) in [6.07, 6.45) is 3.70. The van der Waals surface area contributed by atoms with Crippen molar-refractivity contribution in [3.63, 3.8) is 0 Å². The van der Waals surface area contributed by atoms with E-state index in [4.69, 9.17) is 9.47 Å². The fourth-order valence-electron chi connectivity index (χ4n) is 3.70. The first-order chi connectivity index (χ1) is 13.5. The molecule has 4 rings (SSSR count). The van der Waals surface area contributed by atoms with Crippen molar-refractivity contribution in [1.29, 1.82) is 0 Å². The number of amides is 1. The molecule has 0 saturated carbocycles. The summed E-state index contributed by atoms with van der Waals surface area (Å²) in [4.78, 5) is 28.0. The highest BCUT2D eigenvalue weighted by molar-refractivity contribution is 7.99. The van der Waals surface area contributed by atoms with Gasteiger partial charge in [0.25, 0.3) is 11.5 Å². The summed E-state index contributed by atoms with van der Waals surface area (Å²) < 4.78 is 12.3. The molecule has 0 radical (unpaired) electrons. The zero-order valence-electron chi connectivity index (χ0n) is 16.1. The van der Waals surface area contributed by atoms with Crippen LogP contribution in [0.3, 0.4) is 0 Å². The topological polar surface area (TPSA) is 60.8 Å². The number of aryl methyl sites for hydroxylation is 1. The van der Waals surface area contributed by atoms with Crippen LogP contribution in [0.1, 0.15) is 34.3 Å². The minimum absolute atomic E-state index is 0.181. The highest BCUT2D eigenvalue weighted by atomic mass is 32.2. The van der Waals surface area contributed by atoms with Gasteiger partial charge in [-0.1, -0.05) is 6.07 Å². The molecule has 6 nitrogen and oxygen atoms in total. The molecule has 0 N–H and O–H groups in total. The minimum atomic E-state index is -0.250. The van der Waals surface area contributed by atoms with Crippen molar-refractivity contribution in [2.24, 2.45) is 0 Å². The Bertz CT molecular complexity index is 950. The van der Waals surface area contributed by atoms with Crippen LogP contribution in [0.2, 0.25) is 0 Å². The zero-order chi connectivity index (χ0) is 19.7. The van der Waals surface area contributed by atoms with Crippen LogP contribution < -0.4 is 15.0 Å². The molecule has 2 aliphatic rings. The van der Waals surface area contributed by atoms with Crippen molar-refractivity contribution in [1.82, 2.24) is 9.47 Å². The molecule has 0 unspecified atom stereocenters. The predicted octanol–water partition coefficient (Wildman–Crippen LogP) is 2.90. The normalized spacial score (nSPS) is 16.2. The molecule has 1 aromatic carbocycles. The number of pyridine rings is 1. The van der Waals surface area contributed by atoms with Gasteiger partial charge in [0.15, 0.2) is 11.5 Å². The van der Waals surface area contributed by atoms with Gasteiger partial charge >= 0.3 is 0 Å². The van der Waals surface area contributed by atoms with Crippen LogP contribution in [0, 0.1) is 6.92 Å². The van der Waals surface area contributed by atoms with Crippen molar-refractivity contribution >= 4 is 17.7 Å². The van der Waals surface area contributed by atoms with Crippen molar-refractivity contribution in [3.05, 3.63) is 57.5 Å².